The fraction of sp³-hybridized carbons (Fsp3) is 0.375. The van der Waals surface area contributed by atoms with Gasteiger partial charge in [0, 0.05) is 37.9 Å². The van der Waals surface area contributed by atoms with Crippen LogP contribution in [-0.2, 0) is 27.8 Å². The second-order valence-corrected chi connectivity index (χ2v) is 12.4. The normalized spacial score (nSPS) is 14.1. The Morgan fingerprint density at radius 3 is 2.31 bits per heavy atom. The third-order valence-electron chi connectivity index (χ3n) is 7.56. The SMILES string of the molecule is CCCN(CC(=O)N(Cc1cccc(F)c1)C1CCN(C(=O)Nc2ccccc2CC)CC1)S(=O)(=O)c1ccccc1. The Morgan fingerprint density at radius 1 is 0.952 bits per heavy atom. The summed E-state index contributed by atoms with van der Waals surface area (Å²) in [5, 5.41) is 3.01. The molecular formula is C32H39FN4O4S. The van der Waals surface area contributed by atoms with Gasteiger partial charge in [0.1, 0.15) is 5.82 Å². The molecule has 0 atom stereocenters. The van der Waals surface area contributed by atoms with Crippen LogP contribution in [0.2, 0.25) is 0 Å². The predicted molar refractivity (Wildman–Crippen MR) is 162 cm³/mol. The van der Waals surface area contributed by atoms with Gasteiger partial charge in [-0.05, 0) is 67.1 Å². The van der Waals surface area contributed by atoms with Crippen LogP contribution in [0.25, 0.3) is 0 Å². The molecule has 42 heavy (non-hydrogen) atoms. The Labute approximate surface area is 248 Å². The van der Waals surface area contributed by atoms with Crippen LogP contribution in [0.5, 0.6) is 0 Å². The van der Waals surface area contributed by atoms with Crippen LogP contribution < -0.4 is 5.32 Å². The van der Waals surface area contributed by atoms with E-state index in [4.69, 9.17) is 0 Å². The van der Waals surface area contributed by atoms with E-state index in [1.54, 1.807) is 40.1 Å². The van der Waals surface area contributed by atoms with Crippen molar-refractivity contribution in [2.75, 3.05) is 31.5 Å². The second-order valence-electron chi connectivity index (χ2n) is 10.5. The van der Waals surface area contributed by atoms with Gasteiger partial charge < -0.3 is 15.1 Å². The Hall–Kier alpha value is -3.76. The van der Waals surface area contributed by atoms with Crippen LogP contribution in [0.1, 0.15) is 44.2 Å². The van der Waals surface area contributed by atoms with Crippen molar-refractivity contribution in [2.24, 2.45) is 0 Å². The number of sulfonamides is 1. The zero-order valence-corrected chi connectivity index (χ0v) is 25.0. The van der Waals surface area contributed by atoms with Crippen LogP contribution >= 0.6 is 0 Å². The molecule has 3 aromatic rings. The van der Waals surface area contributed by atoms with E-state index in [1.807, 2.05) is 38.1 Å². The highest BCUT2D eigenvalue weighted by Gasteiger charge is 2.33. The number of piperidine rings is 1. The van der Waals surface area contributed by atoms with Gasteiger partial charge in [-0.15, -0.1) is 0 Å². The molecule has 1 aliphatic rings. The molecule has 1 heterocycles. The van der Waals surface area contributed by atoms with Gasteiger partial charge in [-0.25, -0.2) is 17.6 Å². The number of nitrogens with one attached hydrogen (secondary N) is 1. The number of halogens is 1. The highest BCUT2D eigenvalue weighted by Crippen LogP contribution is 2.23. The fourth-order valence-corrected chi connectivity index (χ4v) is 6.80. The summed E-state index contributed by atoms with van der Waals surface area (Å²) < 4.78 is 42.1. The summed E-state index contributed by atoms with van der Waals surface area (Å²) in [6.45, 7) is 4.76. The summed E-state index contributed by atoms with van der Waals surface area (Å²) >= 11 is 0. The van der Waals surface area contributed by atoms with Gasteiger partial charge in [0.2, 0.25) is 15.9 Å². The summed E-state index contributed by atoms with van der Waals surface area (Å²) in [6.07, 6.45) is 2.37. The molecule has 10 heteroatoms. The second kappa shape index (κ2) is 14.4. The van der Waals surface area contributed by atoms with Crippen LogP contribution in [0, 0.1) is 5.82 Å². The van der Waals surface area contributed by atoms with Crippen molar-refractivity contribution in [1.82, 2.24) is 14.1 Å². The van der Waals surface area contributed by atoms with Gasteiger partial charge in [-0.2, -0.15) is 4.31 Å². The van der Waals surface area contributed by atoms with E-state index >= 15 is 0 Å². The van der Waals surface area contributed by atoms with E-state index in [2.05, 4.69) is 5.32 Å². The molecule has 0 unspecified atom stereocenters. The average molecular weight is 595 g/mol. The van der Waals surface area contributed by atoms with E-state index in [-0.39, 0.29) is 42.5 Å². The van der Waals surface area contributed by atoms with Crippen molar-refractivity contribution >= 4 is 27.6 Å². The third-order valence-corrected chi connectivity index (χ3v) is 9.42. The van der Waals surface area contributed by atoms with Crippen molar-refractivity contribution in [3.8, 4) is 0 Å². The van der Waals surface area contributed by atoms with E-state index in [0.717, 1.165) is 17.7 Å². The topological polar surface area (TPSA) is 90.0 Å². The molecule has 8 nitrogen and oxygen atoms in total. The number of anilines is 1. The van der Waals surface area contributed by atoms with Crippen molar-refractivity contribution in [3.63, 3.8) is 0 Å². The lowest BCUT2D eigenvalue weighted by atomic mass is 10.0. The van der Waals surface area contributed by atoms with E-state index < -0.39 is 15.8 Å². The minimum atomic E-state index is -3.89. The van der Waals surface area contributed by atoms with Crippen LogP contribution in [0.15, 0.2) is 83.8 Å². The number of rotatable bonds is 11. The fourth-order valence-electron chi connectivity index (χ4n) is 5.30. The lowest BCUT2D eigenvalue weighted by Gasteiger charge is -2.39. The number of carbonyl (C=O) groups excluding carboxylic acids is 2. The Kier molecular flexibility index (Phi) is 10.7. The van der Waals surface area contributed by atoms with Gasteiger partial charge in [0.05, 0.1) is 11.4 Å². The molecule has 3 aromatic carbocycles. The molecule has 1 N–H and O–H groups in total. The maximum atomic E-state index is 14.0. The number of nitrogens with zero attached hydrogens (tertiary/aromatic N) is 3. The average Bonchev–Trinajstić information content (AvgIpc) is 3.00. The van der Waals surface area contributed by atoms with Crippen molar-refractivity contribution in [3.05, 3.63) is 95.8 Å². The highest BCUT2D eigenvalue weighted by atomic mass is 32.2. The van der Waals surface area contributed by atoms with Gasteiger partial charge in [0.25, 0.3) is 0 Å². The van der Waals surface area contributed by atoms with Crippen LogP contribution in [0.4, 0.5) is 14.9 Å². The maximum absolute atomic E-state index is 14.0. The first-order chi connectivity index (χ1) is 20.2. The molecule has 0 aliphatic carbocycles. The maximum Gasteiger partial charge on any atom is 0.321 e. The molecule has 0 radical (unpaired) electrons. The van der Waals surface area contributed by atoms with Gasteiger partial charge in [-0.1, -0.05) is 62.4 Å². The van der Waals surface area contributed by atoms with Crippen LogP contribution in [-0.4, -0.2) is 66.7 Å². The highest BCUT2D eigenvalue weighted by molar-refractivity contribution is 7.89. The van der Waals surface area contributed by atoms with E-state index in [9.17, 15) is 22.4 Å². The lowest BCUT2D eigenvalue weighted by molar-refractivity contribution is -0.135. The predicted octanol–water partition coefficient (Wildman–Crippen LogP) is 5.51. The minimum Gasteiger partial charge on any atom is -0.334 e. The van der Waals surface area contributed by atoms with Gasteiger partial charge in [0.15, 0.2) is 0 Å². The minimum absolute atomic E-state index is 0.131. The number of hydrogen-bond acceptors (Lipinski definition) is 4. The molecule has 4 rings (SSSR count). The summed E-state index contributed by atoms with van der Waals surface area (Å²) in [7, 11) is -3.89. The molecular weight excluding hydrogens is 555 g/mol. The molecule has 3 amide bonds. The first-order valence-electron chi connectivity index (χ1n) is 14.5. The first kappa shape index (κ1) is 31.2. The number of urea groups is 1. The standard InChI is InChI=1S/C32H39FN4O4S/c1-3-19-36(42(40,41)29-14-6-5-7-15-29)24-31(38)37(23-25-11-10-13-27(33)22-25)28-17-20-35(21-18-28)32(39)34-30-16-9-8-12-26(30)4-2/h5-16,22,28H,3-4,17-21,23-24H2,1-2H3,(H,34,39). The molecule has 1 saturated heterocycles. The molecule has 0 bridgehead atoms. The number of amides is 3. The van der Waals surface area contributed by atoms with Crippen molar-refractivity contribution in [2.45, 2.75) is 57.0 Å². The number of aryl methyl sites for hydroxylation is 1. The summed E-state index contributed by atoms with van der Waals surface area (Å²) in [5.74, 6) is -0.759. The van der Waals surface area contributed by atoms with Gasteiger partial charge >= 0.3 is 6.03 Å². The third kappa shape index (κ3) is 7.74. The number of benzene rings is 3. The number of para-hydroxylation sites is 1. The molecule has 224 valence electrons. The number of hydrogen-bond donors (Lipinski definition) is 1. The van der Waals surface area contributed by atoms with E-state index in [0.29, 0.717) is 37.9 Å². The first-order valence-corrected chi connectivity index (χ1v) is 15.9. The quantitative estimate of drug-likeness (QED) is 0.317. The Morgan fingerprint density at radius 2 is 1.64 bits per heavy atom. The molecule has 1 fully saturated rings. The Bertz CT molecular complexity index is 1460. The van der Waals surface area contributed by atoms with Crippen molar-refractivity contribution in [1.29, 1.82) is 0 Å². The van der Waals surface area contributed by atoms with Gasteiger partial charge in [-0.3, -0.25) is 4.79 Å². The molecule has 0 aromatic heterocycles. The molecule has 0 spiro atoms. The molecule has 1 aliphatic heterocycles. The summed E-state index contributed by atoms with van der Waals surface area (Å²) in [4.78, 5) is 30.4. The number of likely N-dealkylation sites (tertiary alicyclic amines) is 1. The Balaban J connectivity index is 1.50. The smallest absolute Gasteiger partial charge is 0.321 e. The van der Waals surface area contributed by atoms with E-state index in [1.165, 1.54) is 28.6 Å². The molecule has 0 saturated carbocycles. The van der Waals surface area contributed by atoms with Crippen LogP contribution in [0.3, 0.4) is 0 Å². The zero-order valence-electron chi connectivity index (χ0n) is 24.2. The monoisotopic (exact) mass is 594 g/mol. The van der Waals surface area contributed by atoms with Crippen molar-refractivity contribution < 1.29 is 22.4 Å². The zero-order chi connectivity index (χ0) is 30.1. The summed E-state index contributed by atoms with van der Waals surface area (Å²) in [5.41, 5.74) is 2.45. The summed E-state index contributed by atoms with van der Waals surface area (Å²) in [6, 6.07) is 21.4. The largest absolute Gasteiger partial charge is 0.334 e. The number of carbonyl (C=O) groups is 2. The lowest BCUT2D eigenvalue weighted by Crippen LogP contribution is -2.52.